The van der Waals surface area contributed by atoms with Gasteiger partial charge in [-0.05, 0) is 6.42 Å². The topological polar surface area (TPSA) is 85.8 Å². The second kappa shape index (κ2) is 7.52. The molecule has 0 spiro atoms. The number of nitrogen functional groups attached to an aromatic ring is 1. The van der Waals surface area contributed by atoms with Crippen molar-refractivity contribution >= 4 is 17.7 Å². The molecule has 0 atom stereocenters. The molecule has 0 fully saturated rings. The van der Waals surface area contributed by atoms with Crippen molar-refractivity contribution in [3.63, 3.8) is 0 Å². The molecule has 0 aliphatic heterocycles. The standard InChI is InChI=1S/C13H25N5OS/c1-5-6-7-8-15-10(19)9-20-12-17-16-11(18(12)14)13(2,3)4/h5-9,14H2,1-4H3,(H,15,19). The number of aromatic nitrogens is 3. The molecule has 1 heterocycles. The lowest BCUT2D eigenvalue weighted by atomic mass is 9.96. The number of carbonyl (C=O) groups is 1. The number of unbranched alkanes of at least 4 members (excludes halogenated alkanes) is 2. The number of hydrogen-bond donors (Lipinski definition) is 2. The van der Waals surface area contributed by atoms with E-state index < -0.39 is 0 Å². The van der Waals surface area contributed by atoms with Gasteiger partial charge < -0.3 is 11.2 Å². The maximum atomic E-state index is 11.7. The van der Waals surface area contributed by atoms with Crippen molar-refractivity contribution in [3.8, 4) is 0 Å². The summed E-state index contributed by atoms with van der Waals surface area (Å²) in [5.41, 5.74) is -0.164. The van der Waals surface area contributed by atoms with Crippen LogP contribution in [0.3, 0.4) is 0 Å². The molecule has 20 heavy (non-hydrogen) atoms. The normalized spacial score (nSPS) is 11.6. The number of nitrogens with two attached hydrogens (primary N) is 1. The van der Waals surface area contributed by atoms with Crippen molar-refractivity contribution in [2.24, 2.45) is 0 Å². The summed E-state index contributed by atoms with van der Waals surface area (Å²) in [7, 11) is 0. The highest BCUT2D eigenvalue weighted by Crippen LogP contribution is 2.22. The smallest absolute Gasteiger partial charge is 0.230 e. The molecule has 1 aromatic heterocycles. The van der Waals surface area contributed by atoms with E-state index in [1.807, 2.05) is 20.8 Å². The second-order valence-electron chi connectivity index (χ2n) is 5.77. The Morgan fingerprint density at radius 2 is 2.05 bits per heavy atom. The van der Waals surface area contributed by atoms with Gasteiger partial charge in [-0.15, -0.1) is 10.2 Å². The summed E-state index contributed by atoms with van der Waals surface area (Å²) in [5.74, 6) is 6.98. The summed E-state index contributed by atoms with van der Waals surface area (Å²) >= 11 is 1.31. The van der Waals surface area contributed by atoms with Crippen molar-refractivity contribution in [1.29, 1.82) is 0 Å². The first kappa shape index (κ1) is 16.8. The molecule has 0 bridgehead atoms. The van der Waals surface area contributed by atoms with E-state index in [4.69, 9.17) is 5.84 Å². The molecule has 0 unspecified atom stereocenters. The van der Waals surface area contributed by atoms with Crippen LogP contribution in [0.15, 0.2) is 5.16 Å². The lowest BCUT2D eigenvalue weighted by Crippen LogP contribution is -2.27. The van der Waals surface area contributed by atoms with Gasteiger partial charge in [-0.1, -0.05) is 52.3 Å². The van der Waals surface area contributed by atoms with Crippen LogP contribution in [0.25, 0.3) is 0 Å². The van der Waals surface area contributed by atoms with Gasteiger partial charge in [0.05, 0.1) is 5.75 Å². The van der Waals surface area contributed by atoms with Crippen LogP contribution in [-0.4, -0.2) is 33.1 Å². The number of nitrogens with one attached hydrogen (secondary N) is 1. The molecule has 1 amide bonds. The summed E-state index contributed by atoms with van der Waals surface area (Å²) in [4.78, 5) is 11.7. The lowest BCUT2D eigenvalue weighted by molar-refractivity contribution is -0.118. The molecule has 1 aromatic rings. The first-order valence-electron chi connectivity index (χ1n) is 6.96. The first-order chi connectivity index (χ1) is 9.36. The van der Waals surface area contributed by atoms with Crippen LogP contribution >= 0.6 is 11.8 Å². The lowest BCUT2D eigenvalue weighted by Gasteiger charge is -2.16. The molecule has 0 aliphatic carbocycles. The van der Waals surface area contributed by atoms with Crippen molar-refractivity contribution in [3.05, 3.63) is 5.82 Å². The Balaban J connectivity index is 2.42. The van der Waals surface area contributed by atoms with E-state index in [2.05, 4.69) is 22.4 Å². The van der Waals surface area contributed by atoms with Gasteiger partial charge in [0.2, 0.25) is 11.1 Å². The zero-order valence-electron chi connectivity index (χ0n) is 12.8. The van der Waals surface area contributed by atoms with E-state index in [0.29, 0.717) is 16.7 Å². The van der Waals surface area contributed by atoms with E-state index in [9.17, 15) is 4.79 Å². The Bertz CT molecular complexity index is 438. The average molecular weight is 299 g/mol. The van der Waals surface area contributed by atoms with Crippen LogP contribution < -0.4 is 11.2 Å². The summed E-state index contributed by atoms with van der Waals surface area (Å²) in [5, 5.41) is 11.6. The average Bonchev–Trinajstić information content (AvgIpc) is 2.73. The van der Waals surface area contributed by atoms with Gasteiger partial charge in [-0.25, -0.2) is 4.68 Å². The number of hydrogen-bond acceptors (Lipinski definition) is 5. The number of thioether (sulfide) groups is 1. The first-order valence-corrected chi connectivity index (χ1v) is 7.95. The predicted molar refractivity (Wildman–Crippen MR) is 82.1 cm³/mol. The third kappa shape index (κ3) is 5.03. The minimum Gasteiger partial charge on any atom is -0.355 e. The van der Waals surface area contributed by atoms with Crippen molar-refractivity contribution < 1.29 is 4.79 Å². The third-order valence-corrected chi connectivity index (χ3v) is 3.71. The third-order valence-electron chi connectivity index (χ3n) is 2.77. The molecule has 6 nitrogen and oxygen atoms in total. The summed E-state index contributed by atoms with van der Waals surface area (Å²) in [6, 6.07) is 0. The Hall–Kier alpha value is -1.24. The highest BCUT2D eigenvalue weighted by Gasteiger charge is 2.23. The Kier molecular flexibility index (Phi) is 6.32. The minimum absolute atomic E-state index is 0.00594. The molecular formula is C13H25N5OS. The van der Waals surface area contributed by atoms with E-state index in [1.165, 1.54) is 16.4 Å². The van der Waals surface area contributed by atoms with Gasteiger partial charge in [-0.3, -0.25) is 4.79 Å². The zero-order valence-corrected chi connectivity index (χ0v) is 13.6. The summed E-state index contributed by atoms with van der Waals surface area (Å²) in [6.45, 7) is 8.94. The van der Waals surface area contributed by atoms with Crippen LogP contribution in [-0.2, 0) is 10.2 Å². The van der Waals surface area contributed by atoms with E-state index >= 15 is 0 Å². The monoisotopic (exact) mass is 299 g/mol. The fourth-order valence-corrected chi connectivity index (χ4v) is 2.36. The molecule has 0 saturated heterocycles. The van der Waals surface area contributed by atoms with Crippen LogP contribution in [0.5, 0.6) is 0 Å². The van der Waals surface area contributed by atoms with Crippen LogP contribution in [0.4, 0.5) is 0 Å². The number of rotatable bonds is 7. The van der Waals surface area contributed by atoms with Gasteiger partial charge in [0, 0.05) is 12.0 Å². The quantitative estimate of drug-likeness (QED) is 0.454. The molecule has 0 aromatic carbocycles. The molecule has 114 valence electrons. The Morgan fingerprint density at radius 1 is 1.35 bits per heavy atom. The predicted octanol–water partition coefficient (Wildman–Crippen LogP) is 1.69. The van der Waals surface area contributed by atoms with E-state index in [0.717, 1.165) is 25.8 Å². The van der Waals surface area contributed by atoms with Gasteiger partial charge >= 0.3 is 0 Å². The summed E-state index contributed by atoms with van der Waals surface area (Å²) in [6.07, 6.45) is 3.31. The van der Waals surface area contributed by atoms with Crippen LogP contribution in [0.1, 0.15) is 52.8 Å². The van der Waals surface area contributed by atoms with Crippen molar-refractivity contribution in [2.75, 3.05) is 18.1 Å². The van der Waals surface area contributed by atoms with Crippen molar-refractivity contribution in [1.82, 2.24) is 20.2 Å². The Labute approximate surface area is 124 Å². The number of carbonyl (C=O) groups excluding carboxylic acids is 1. The second-order valence-corrected chi connectivity index (χ2v) is 6.71. The molecular weight excluding hydrogens is 274 g/mol. The molecule has 3 N–H and O–H groups in total. The molecule has 1 rings (SSSR count). The van der Waals surface area contributed by atoms with Crippen molar-refractivity contribution in [2.45, 2.75) is 57.5 Å². The maximum Gasteiger partial charge on any atom is 0.230 e. The number of nitrogens with zero attached hydrogens (tertiary/aromatic N) is 3. The highest BCUT2D eigenvalue weighted by molar-refractivity contribution is 7.99. The molecule has 7 heteroatoms. The zero-order chi connectivity index (χ0) is 15.2. The molecule has 0 radical (unpaired) electrons. The Morgan fingerprint density at radius 3 is 2.60 bits per heavy atom. The van der Waals surface area contributed by atoms with Gasteiger partial charge in [0.15, 0.2) is 5.82 Å². The SMILES string of the molecule is CCCCCNC(=O)CSc1nnc(C(C)(C)C)n1N. The molecule has 0 saturated carbocycles. The maximum absolute atomic E-state index is 11.7. The van der Waals surface area contributed by atoms with Gasteiger partial charge in [0.1, 0.15) is 0 Å². The van der Waals surface area contributed by atoms with Crippen LogP contribution in [0, 0.1) is 0 Å². The number of amides is 1. The highest BCUT2D eigenvalue weighted by atomic mass is 32.2. The molecule has 0 aliphatic rings. The van der Waals surface area contributed by atoms with Crippen LogP contribution in [0.2, 0.25) is 0 Å². The minimum atomic E-state index is -0.164. The van der Waals surface area contributed by atoms with Gasteiger partial charge in [0.25, 0.3) is 0 Å². The van der Waals surface area contributed by atoms with E-state index in [-0.39, 0.29) is 11.3 Å². The fraction of sp³-hybridized carbons (Fsp3) is 0.769. The largest absolute Gasteiger partial charge is 0.355 e. The fourth-order valence-electron chi connectivity index (χ4n) is 1.67. The van der Waals surface area contributed by atoms with E-state index in [1.54, 1.807) is 0 Å². The summed E-state index contributed by atoms with van der Waals surface area (Å²) < 4.78 is 1.47. The van der Waals surface area contributed by atoms with Gasteiger partial charge in [-0.2, -0.15) is 0 Å².